The summed E-state index contributed by atoms with van der Waals surface area (Å²) in [5.74, 6) is -0.775. The number of rotatable bonds is 6. The molecule has 0 aliphatic rings. The fraction of sp³-hybridized carbons (Fsp3) is 0.150. The molecule has 0 spiro atoms. The average molecular weight is 454 g/mol. The number of thioether (sulfide) groups is 1. The third kappa shape index (κ3) is 4.85. The zero-order chi connectivity index (χ0) is 21.9. The largest absolute Gasteiger partial charge is 0.416 e. The number of para-hydroxylation sites is 1. The number of alkyl halides is 3. The highest BCUT2D eigenvalue weighted by Gasteiger charge is 2.31. The highest BCUT2D eigenvalue weighted by molar-refractivity contribution is 7.99. The van der Waals surface area contributed by atoms with E-state index in [0.29, 0.717) is 16.1 Å². The molecule has 3 rings (SSSR count). The highest BCUT2D eigenvalue weighted by Crippen LogP contribution is 2.34. The molecule has 0 bridgehead atoms. The lowest BCUT2D eigenvalue weighted by Crippen LogP contribution is -2.23. The minimum absolute atomic E-state index is 0.0197. The number of allylic oxidation sites excluding steroid dienone is 1. The Kier molecular flexibility index (Phi) is 6.52. The molecule has 1 heterocycles. The van der Waals surface area contributed by atoms with Crippen molar-refractivity contribution in [2.24, 2.45) is 0 Å². The number of hydrogen-bond acceptors (Lipinski definition) is 4. The topological polar surface area (TPSA) is 64.0 Å². The van der Waals surface area contributed by atoms with Crippen LogP contribution in [-0.2, 0) is 17.5 Å². The molecule has 1 aromatic heterocycles. The van der Waals surface area contributed by atoms with E-state index in [1.807, 2.05) is 0 Å². The number of halogens is 4. The van der Waals surface area contributed by atoms with Crippen LogP contribution in [0.15, 0.2) is 65.1 Å². The molecule has 1 amide bonds. The van der Waals surface area contributed by atoms with Crippen LogP contribution < -0.4 is 10.9 Å². The van der Waals surface area contributed by atoms with E-state index in [2.05, 4.69) is 16.9 Å². The number of carbonyl (C=O) groups is 1. The zero-order valence-corrected chi connectivity index (χ0v) is 16.9. The summed E-state index contributed by atoms with van der Waals surface area (Å²) in [4.78, 5) is 29.4. The third-order valence-corrected chi connectivity index (χ3v) is 5.34. The van der Waals surface area contributed by atoms with Crippen molar-refractivity contribution in [3.05, 3.63) is 76.1 Å². The van der Waals surface area contributed by atoms with E-state index in [9.17, 15) is 22.8 Å². The molecule has 30 heavy (non-hydrogen) atoms. The number of amides is 1. The van der Waals surface area contributed by atoms with Crippen LogP contribution in [0, 0.1) is 0 Å². The van der Waals surface area contributed by atoms with Crippen molar-refractivity contribution in [3.63, 3.8) is 0 Å². The van der Waals surface area contributed by atoms with Crippen LogP contribution >= 0.6 is 23.4 Å². The predicted octanol–water partition coefficient (Wildman–Crippen LogP) is 4.99. The first kappa shape index (κ1) is 21.9. The van der Waals surface area contributed by atoms with E-state index in [0.717, 1.165) is 30.0 Å². The van der Waals surface area contributed by atoms with Gasteiger partial charge in [-0.05, 0) is 30.3 Å². The lowest BCUT2D eigenvalue weighted by atomic mass is 10.2. The number of anilines is 1. The summed E-state index contributed by atoms with van der Waals surface area (Å²) in [5, 5.41) is 3.08. The van der Waals surface area contributed by atoms with Gasteiger partial charge in [-0.25, -0.2) is 4.98 Å². The Morgan fingerprint density at radius 1 is 1.27 bits per heavy atom. The van der Waals surface area contributed by atoms with Gasteiger partial charge in [0, 0.05) is 6.54 Å². The Balaban J connectivity index is 1.81. The number of benzene rings is 2. The van der Waals surface area contributed by atoms with Crippen molar-refractivity contribution in [3.8, 4) is 0 Å². The summed E-state index contributed by atoms with van der Waals surface area (Å²) in [7, 11) is 0. The van der Waals surface area contributed by atoms with Crippen molar-refractivity contribution in [1.82, 2.24) is 9.55 Å². The molecule has 10 heteroatoms. The van der Waals surface area contributed by atoms with Gasteiger partial charge >= 0.3 is 6.18 Å². The Labute approximate surface area is 178 Å². The maximum absolute atomic E-state index is 12.9. The minimum Gasteiger partial charge on any atom is -0.324 e. The Morgan fingerprint density at radius 2 is 2.00 bits per heavy atom. The molecule has 0 fully saturated rings. The van der Waals surface area contributed by atoms with E-state index in [4.69, 9.17) is 11.6 Å². The quantitative estimate of drug-likeness (QED) is 0.324. The molecule has 1 N–H and O–H groups in total. The van der Waals surface area contributed by atoms with Crippen molar-refractivity contribution < 1.29 is 18.0 Å². The first-order valence-electron chi connectivity index (χ1n) is 8.60. The van der Waals surface area contributed by atoms with Crippen LogP contribution in [-0.4, -0.2) is 21.2 Å². The number of hydrogen-bond donors (Lipinski definition) is 1. The predicted molar refractivity (Wildman–Crippen MR) is 112 cm³/mol. The molecule has 0 aliphatic carbocycles. The maximum atomic E-state index is 12.9. The minimum atomic E-state index is -4.56. The van der Waals surface area contributed by atoms with Gasteiger partial charge in [0.25, 0.3) is 5.56 Å². The SMILES string of the molecule is C=CCn1c(SCC(=O)Nc2cc(C(F)(F)F)ccc2Cl)nc2ccccc2c1=O. The summed E-state index contributed by atoms with van der Waals surface area (Å²) in [6.45, 7) is 3.82. The van der Waals surface area contributed by atoms with Gasteiger partial charge < -0.3 is 5.32 Å². The van der Waals surface area contributed by atoms with Gasteiger partial charge in [-0.3, -0.25) is 14.2 Å². The van der Waals surface area contributed by atoms with Crippen molar-refractivity contribution in [1.29, 1.82) is 0 Å². The summed E-state index contributed by atoms with van der Waals surface area (Å²) in [5.41, 5.74) is -0.867. The van der Waals surface area contributed by atoms with E-state index in [1.165, 1.54) is 10.6 Å². The first-order valence-corrected chi connectivity index (χ1v) is 9.97. The Morgan fingerprint density at radius 3 is 2.70 bits per heavy atom. The van der Waals surface area contributed by atoms with Gasteiger partial charge in [-0.1, -0.05) is 41.6 Å². The summed E-state index contributed by atoms with van der Waals surface area (Å²) in [6.07, 6.45) is -3.03. The van der Waals surface area contributed by atoms with Gasteiger partial charge in [0.2, 0.25) is 5.91 Å². The van der Waals surface area contributed by atoms with E-state index in [-0.39, 0.29) is 28.6 Å². The summed E-state index contributed by atoms with van der Waals surface area (Å²) >= 11 is 6.89. The van der Waals surface area contributed by atoms with Crippen molar-refractivity contribution in [2.45, 2.75) is 17.9 Å². The van der Waals surface area contributed by atoms with Crippen molar-refractivity contribution >= 4 is 45.9 Å². The molecule has 0 aliphatic heterocycles. The first-order chi connectivity index (χ1) is 14.2. The molecule has 0 saturated carbocycles. The molecule has 156 valence electrons. The Bertz CT molecular complexity index is 1180. The van der Waals surface area contributed by atoms with E-state index in [1.54, 1.807) is 24.3 Å². The molecule has 0 unspecified atom stereocenters. The molecule has 2 aromatic carbocycles. The zero-order valence-electron chi connectivity index (χ0n) is 15.4. The van der Waals surface area contributed by atoms with Crippen LogP contribution in [0.3, 0.4) is 0 Å². The molecule has 3 aromatic rings. The normalized spacial score (nSPS) is 11.5. The van der Waals surface area contributed by atoms with E-state index >= 15 is 0 Å². The fourth-order valence-electron chi connectivity index (χ4n) is 2.66. The second-order valence-electron chi connectivity index (χ2n) is 6.15. The number of nitrogens with one attached hydrogen (secondary N) is 1. The number of fused-ring (bicyclic) bond motifs is 1. The number of aromatic nitrogens is 2. The average Bonchev–Trinajstić information content (AvgIpc) is 2.69. The fourth-order valence-corrected chi connectivity index (χ4v) is 3.64. The summed E-state index contributed by atoms with van der Waals surface area (Å²) < 4.78 is 40.0. The summed E-state index contributed by atoms with van der Waals surface area (Å²) in [6, 6.07) is 9.47. The molecule has 5 nitrogen and oxygen atoms in total. The monoisotopic (exact) mass is 453 g/mol. The van der Waals surface area contributed by atoms with Gasteiger partial charge in [-0.2, -0.15) is 13.2 Å². The van der Waals surface area contributed by atoms with Crippen LogP contribution in [0.4, 0.5) is 18.9 Å². The van der Waals surface area contributed by atoms with Gasteiger partial charge in [0.1, 0.15) is 0 Å². The van der Waals surface area contributed by atoms with Gasteiger partial charge in [0.05, 0.1) is 32.9 Å². The highest BCUT2D eigenvalue weighted by atomic mass is 35.5. The Hall–Kier alpha value is -2.78. The number of nitrogens with zero attached hydrogens (tertiary/aromatic N) is 2. The molecule has 0 radical (unpaired) electrons. The van der Waals surface area contributed by atoms with Gasteiger partial charge in [-0.15, -0.1) is 6.58 Å². The molecular formula is C20H15ClF3N3O2S. The van der Waals surface area contributed by atoms with E-state index < -0.39 is 17.6 Å². The second kappa shape index (κ2) is 8.93. The van der Waals surface area contributed by atoms with Crippen LogP contribution in [0.5, 0.6) is 0 Å². The van der Waals surface area contributed by atoms with Crippen LogP contribution in [0.2, 0.25) is 5.02 Å². The molecule has 0 atom stereocenters. The smallest absolute Gasteiger partial charge is 0.324 e. The van der Waals surface area contributed by atoms with Crippen LogP contribution in [0.25, 0.3) is 10.9 Å². The molecular weight excluding hydrogens is 439 g/mol. The van der Waals surface area contributed by atoms with Crippen LogP contribution in [0.1, 0.15) is 5.56 Å². The van der Waals surface area contributed by atoms with Crippen molar-refractivity contribution in [2.75, 3.05) is 11.1 Å². The number of carbonyl (C=O) groups excluding carboxylic acids is 1. The molecule has 0 saturated heterocycles. The lowest BCUT2D eigenvalue weighted by Gasteiger charge is -2.13. The second-order valence-corrected chi connectivity index (χ2v) is 7.49. The third-order valence-electron chi connectivity index (χ3n) is 4.04. The lowest BCUT2D eigenvalue weighted by molar-refractivity contribution is -0.137. The van der Waals surface area contributed by atoms with Gasteiger partial charge in [0.15, 0.2) is 5.16 Å². The standard InChI is InChI=1S/C20H15ClF3N3O2S/c1-2-9-27-18(29)13-5-3-4-6-15(13)26-19(27)30-11-17(28)25-16-10-12(20(22,23)24)7-8-14(16)21/h2-8,10H,1,9,11H2,(H,25,28). The maximum Gasteiger partial charge on any atom is 0.416 e.